The number of fused-ring (bicyclic) bond motifs is 7. The molecule has 224 valence electrons. The van der Waals surface area contributed by atoms with E-state index in [-0.39, 0.29) is 0 Å². The molecule has 0 fully saturated rings. The average molecular weight is 611 g/mol. The number of benzene rings is 8. The van der Waals surface area contributed by atoms with Gasteiger partial charge in [-0.1, -0.05) is 121 Å². The van der Waals surface area contributed by atoms with Crippen LogP contribution in [0.1, 0.15) is 0 Å². The second kappa shape index (κ2) is 10.6. The van der Waals surface area contributed by atoms with Crippen LogP contribution in [0.4, 0.5) is 0 Å². The van der Waals surface area contributed by atoms with E-state index in [0.717, 1.165) is 11.4 Å². The third-order valence-corrected chi connectivity index (χ3v) is 9.92. The molecule has 0 aliphatic rings. The summed E-state index contributed by atoms with van der Waals surface area (Å²) in [5.74, 6) is 0. The molecule has 0 atom stereocenters. The molecule has 0 unspecified atom stereocenters. The quantitative estimate of drug-likeness (QED) is 0.188. The number of nitrogens with zero attached hydrogens (tertiary/aromatic N) is 2. The van der Waals surface area contributed by atoms with Crippen molar-refractivity contribution in [1.29, 1.82) is 0 Å². The number of hydrogen-bond donors (Lipinski definition) is 0. The average Bonchev–Trinajstić information content (AvgIpc) is 3.68. The van der Waals surface area contributed by atoms with Crippen molar-refractivity contribution in [1.82, 2.24) is 9.13 Å². The lowest BCUT2D eigenvalue weighted by Gasteiger charge is -2.15. The molecule has 48 heavy (non-hydrogen) atoms. The summed E-state index contributed by atoms with van der Waals surface area (Å²) in [5, 5.41) is 7.59. The zero-order chi connectivity index (χ0) is 31.6. The van der Waals surface area contributed by atoms with Crippen molar-refractivity contribution in [3.05, 3.63) is 182 Å². The summed E-state index contributed by atoms with van der Waals surface area (Å²) in [7, 11) is 0. The predicted molar refractivity (Wildman–Crippen MR) is 203 cm³/mol. The second-order valence-electron chi connectivity index (χ2n) is 12.6. The van der Waals surface area contributed by atoms with Crippen LogP contribution < -0.4 is 0 Å². The lowest BCUT2D eigenvalue weighted by atomic mass is 9.91. The molecule has 0 amide bonds. The molecule has 0 aliphatic carbocycles. The van der Waals surface area contributed by atoms with Gasteiger partial charge in [0.25, 0.3) is 0 Å². The van der Waals surface area contributed by atoms with Gasteiger partial charge in [0.15, 0.2) is 0 Å². The summed E-state index contributed by atoms with van der Waals surface area (Å²) >= 11 is 0. The van der Waals surface area contributed by atoms with Crippen LogP contribution in [0.15, 0.2) is 182 Å². The number of aromatic nitrogens is 2. The van der Waals surface area contributed by atoms with E-state index < -0.39 is 0 Å². The smallest absolute Gasteiger partial charge is 0.0541 e. The van der Waals surface area contributed by atoms with Crippen LogP contribution in [-0.4, -0.2) is 9.13 Å². The molecular weight excluding hydrogens is 581 g/mol. The molecule has 0 saturated heterocycles. The van der Waals surface area contributed by atoms with Gasteiger partial charge in [0.2, 0.25) is 0 Å². The van der Waals surface area contributed by atoms with E-state index in [9.17, 15) is 0 Å². The van der Waals surface area contributed by atoms with E-state index in [1.54, 1.807) is 0 Å². The molecule has 2 heterocycles. The minimum absolute atomic E-state index is 1.16. The monoisotopic (exact) mass is 610 g/mol. The highest BCUT2D eigenvalue weighted by atomic mass is 15.0. The first-order valence-corrected chi connectivity index (χ1v) is 16.5. The summed E-state index contributed by atoms with van der Waals surface area (Å²) in [6, 6.07) is 66.3. The molecule has 0 radical (unpaired) electrons. The van der Waals surface area contributed by atoms with Gasteiger partial charge >= 0.3 is 0 Å². The van der Waals surface area contributed by atoms with Crippen LogP contribution in [0.5, 0.6) is 0 Å². The maximum absolute atomic E-state index is 2.38. The van der Waals surface area contributed by atoms with Gasteiger partial charge < -0.3 is 9.13 Å². The first kappa shape index (κ1) is 26.8. The van der Waals surface area contributed by atoms with E-state index >= 15 is 0 Å². The van der Waals surface area contributed by atoms with Crippen molar-refractivity contribution in [3.63, 3.8) is 0 Å². The van der Waals surface area contributed by atoms with Crippen molar-refractivity contribution < 1.29 is 0 Å². The molecule has 0 spiro atoms. The van der Waals surface area contributed by atoms with Crippen LogP contribution in [0.25, 0.3) is 88.0 Å². The van der Waals surface area contributed by atoms with Crippen LogP contribution in [-0.2, 0) is 0 Å². The fraction of sp³-hybridized carbons (Fsp3) is 0. The third kappa shape index (κ3) is 4.06. The van der Waals surface area contributed by atoms with E-state index in [2.05, 4.69) is 191 Å². The Labute approximate surface area is 278 Å². The molecule has 2 nitrogen and oxygen atoms in total. The SMILES string of the molecule is c1ccc2cc(-c3ccc(-n4c5ccccc5c5ccccc54)cc3)c(-c3ccc(-n4c5ccccc5c5ccccc54)cc3)cc2c1. The number of hydrogen-bond acceptors (Lipinski definition) is 0. The van der Waals surface area contributed by atoms with E-state index in [0.29, 0.717) is 0 Å². The first-order valence-electron chi connectivity index (χ1n) is 16.5. The van der Waals surface area contributed by atoms with Crippen LogP contribution in [0, 0.1) is 0 Å². The van der Waals surface area contributed by atoms with Crippen molar-refractivity contribution in [2.75, 3.05) is 0 Å². The van der Waals surface area contributed by atoms with Gasteiger partial charge in [0.1, 0.15) is 0 Å². The van der Waals surface area contributed by atoms with Crippen molar-refractivity contribution in [2.45, 2.75) is 0 Å². The molecule has 10 rings (SSSR count). The van der Waals surface area contributed by atoms with E-state index in [1.807, 2.05) is 0 Å². The van der Waals surface area contributed by atoms with E-state index in [4.69, 9.17) is 0 Å². The Kier molecular flexibility index (Phi) is 5.91. The molecule has 8 aromatic carbocycles. The highest BCUT2D eigenvalue weighted by Crippen LogP contribution is 2.39. The normalized spacial score (nSPS) is 11.8. The van der Waals surface area contributed by atoms with Crippen molar-refractivity contribution in [3.8, 4) is 33.6 Å². The van der Waals surface area contributed by atoms with Gasteiger partial charge in [0.05, 0.1) is 22.1 Å². The van der Waals surface area contributed by atoms with Crippen molar-refractivity contribution in [2.24, 2.45) is 0 Å². The van der Waals surface area contributed by atoms with Crippen LogP contribution >= 0.6 is 0 Å². The van der Waals surface area contributed by atoms with Gasteiger partial charge in [-0.05, 0) is 93.7 Å². The topological polar surface area (TPSA) is 9.86 Å². The van der Waals surface area contributed by atoms with Gasteiger partial charge in [-0.3, -0.25) is 0 Å². The van der Waals surface area contributed by atoms with Crippen LogP contribution in [0.3, 0.4) is 0 Å². The summed E-state index contributed by atoms with van der Waals surface area (Å²) in [6.45, 7) is 0. The first-order chi connectivity index (χ1) is 23.8. The molecule has 10 aromatic rings. The lowest BCUT2D eigenvalue weighted by molar-refractivity contribution is 1.18. The molecule has 0 N–H and O–H groups in total. The Bertz CT molecular complexity index is 2510. The molecular formula is C46H30N2. The third-order valence-electron chi connectivity index (χ3n) is 9.92. The minimum atomic E-state index is 1.16. The maximum Gasteiger partial charge on any atom is 0.0541 e. The van der Waals surface area contributed by atoms with Gasteiger partial charge in [-0.15, -0.1) is 0 Å². The molecule has 2 heteroatoms. The zero-order valence-electron chi connectivity index (χ0n) is 26.2. The van der Waals surface area contributed by atoms with Crippen LogP contribution in [0.2, 0.25) is 0 Å². The van der Waals surface area contributed by atoms with E-state index in [1.165, 1.54) is 76.6 Å². The second-order valence-corrected chi connectivity index (χ2v) is 12.6. The summed E-state index contributed by atoms with van der Waals surface area (Å²) in [6.07, 6.45) is 0. The summed E-state index contributed by atoms with van der Waals surface area (Å²) < 4.78 is 4.76. The number of rotatable bonds is 4. The Morgan fingerprint density at radius 3 is 0.896 bits per heavy atom. The standard InChI is InChI=1S/C46H30N2/c1-2-12-34-30-42(32-23-27-36(28-24-32)48-45-19-9-5-15-39(45)40-16-6-10-20-46(40)48)41(29-33(34)11-1)31-21-25-35(26-22-31)47-43-17-7-3-13-37(43)38-14-4-8-18-44(38)47/h1-30H. The Hall–Kier alpha value is -6.38. The summed E-state index contributed by atoms with van der Waals surface area (Å²) in [4.78, 5) is 0. The fourth-order valence-corrected chi connectivity index (χ4v) is 7.70. The fourth-order valence-electron chi connectivity index (χ4n) is 7.70. The predicted octanol–water partition coefficient (Wildman–Crippen LogP) is 12.4. The maximum atomic E-state index is 2.38. The largest absolute Gasteiger partial charge is 0.309 e. The summed E-state index contributed by atoms with van der Waals surface area (Å²) in [5.41, 5.74) is 12.1. The Morgan fingerprint density at radius 1 is 0.271 bits per heavy atom. The van der Waals surface area contributed by atoms with Gasteiger partial charge in [0, 0.05) is 32.9 Å². The molecule has 0 aliphatic heterocycles. The van der Waals surface area contributed by atoms with Gasteiger partial charge in [-0.25, -0.2) is 0 Å². The highest BCUT2D eigenvalue weighted by molar-refractivity contribution is 6.10. The van der Waals surface area contributed by atoms with Gasteiger partial charge in [-0.2, -0.15) is 0 Å². The molecule has 0 bridgehead atoms. The Balaban J connectivity index is 1.11. The molecule has 0 saturated carbocycles. The molecule has 2 aromatic heterocycles. The highest BCUT2D eigenvalue weighted by Gasteiger charge is 2.15. The minimum Gasteiger partial charge on any atom is -0.309 e. The lowest BCUT2D eigenvalue weighted by Crippen LogP contribution is -1.95. The Morgan fingerprint density at radius 2 is 0.562 bits per heavy atom. The van der Waals surface area contributed by atoms with Crippen molar-refractivity contribution >= 4 is 54.4 Å². The number of para-hydroxylation sites is 4. The zero-order valence-corrected chi connectivity index (χ0v) is 26.2.